The molecule has 2 saturated heterocycles. The van der Waals surface area contributed by atoms with Crippen molar-refractivity contribution in [1.82, 2.24) is 15.1 Å². The number of likely N-dealkylation sites (tertiary alicyclic amines) is 2. The van der Waals surface area contributed by atoms with Crippen molar-refractivity contribution < 1.29 is 4.79 Å². The molecule has 3 rings (SSSR count). The average molecular weight is 322 g/mol. The van der Waals surface area contributed by atoms with E-state index < -0.39 is 0 Å². The molecule has 0 radical (unpaired) electrons. The second-order valence-corrected chi connectivity index (χ2v) is 8.25. The minimum absolute atomic E-state index is 0.182. The molecule has 4 heteroatoms. The molecule has 0 spiro atoms. The molecule has 2 heterocycles. The zero-order valence-corrected chi connectivity index (χ0v) is 15.1. The molecule has 1 N–H and O–H groups in total. The maximum atomic E-state index is 12.5. The molecule has 2 aliphatic heterocycles. The predicted octanol–water partition coefficient (Wildman–Crippen LogP) is 3.33. The normalized spacial score (nSPS) is 27.3. The van der Waals surface area contributed by atoms with Gasteiger partial charge in [-0.25, -0.2) is 4.79 Å². The number of carbonyl (C=O) groups is 1. The number of piperidine rings is 2. The number of nitrogens with zero attached hydrogens (tertiary/aromatic N) is 2. The fraction of sp³-hybridized carbons (Fsp3) is 0.947. The highest BCUT2D eigenvalue weighted by Gasteiger charge is 2.31. The first-order valence-corrected chi connectivity index (χ1v) is 9.87. The monoisotopic (exact) mass is 321 g/mol. The maximum Gasteiger partial charge on any atom is 0.317 e. The first-order chi connectivity index (χ1) is 11.1. The molecule has 2 amide bonds. The Morgan fingerprint density at radius 3 is 2.09 bits per heavy atom. The number of rotatable bonds is 3. The van der Waals surface area contributed by atoms with Gasteiger partial charge in [-0.2, -0.15) is 0 Å². The standard InChI is InChI=1S/C19H35N3O/c1-15(16-7-11-21(2)12-8-16)20-19(23)22-13-9-18(10-14-22)17-5-3-4-6-17/h15-18H,3-14H2,1-2H3,(H,20,23). The van der Waals surface area contributed by atoms with Gasteiger partial charge in [0.05, 0.1) is 0 Å². The largest absolute Gasteiger partial charge is 0.335 e. The second-order valence-electron chi connectivity index (χ2n) is 8.25. The predicted molar refractivity (Wildman–Crippen MR) is 94.5 cm³/mol. The number of urea groups is 1. The van der Waals surface area contributed by atoms with Crippen molar-refractivity contribution in [3.8, 4) is 0 Å². The number of amides is 2. The molecule has 3 fully saturated rings. The van der Waals surface area contributed by atoms with E-state index in [1.165, 1.54) is 51.4 Å². The number of nitrogens with one attached hydrogen (secondary N) is 1. The van der Waals surface area contributed by atoms with Crippen molar-refractivity contribution in [3.05, 3.63) is 0 Å². The van der Waals surface area contributed by atoms with Crippen LogP contribution in [0, 0.1) is 17.8 Å². The van der Waals surface area contributed by atoms with Crippen LogP contribution in [-0.2, 0) is 0 Å². The number of hydrogen-bond acceptors (Lipinski definition) is 2. The van der Waals surface area contributed by atoms with Crippen LogP contribution in [0.3, 0.4) is 0 Å². The van der Waals surface area contributed by atoms with Gasteiger partial charge in [0.1, 0.15) is 0 Å². The summed E-state index contributed by atoms with van der Waals surface area (Å²) in [5.74, 6) is 2.48. The van der Waals surface area contributed by atoms with E-state index >= 15 is 0 Å². The second kappa shape index (κ2) is 7.87. The van der Waals surface area contributed by atoms with E-state index in [0.717, 1.165) is 38.0 Å². The van der Waals surface area contributed by atoms with E-state index in [9.17, 15) is 4.79 Å². The van der Waals surface area contributed by atoms with E-state index in [1.54, 1.807) is 0 Å². The number of hydrogen-bond donors (Lipinski definition) is 1. The van der Waals surface area contributed by atoms with E-state index in [0.29, 0.717) is 12.0 Å². The summed E-state index contributed by atoms with van der Waals surface area (Å²) in [6, 6.07) is 0.491. The van der Waals surface area contributed by atoms with E-state index in [-0.39, 0.29) is 6.03 Å². The summed E-state index contributed by atoms with van der Waals surface area (Å²) in [5.41, 5.74) is 0. The molecule has 0 aromatic rings. The van der Waals surface area contributed by atoms with Gasteiger partial charge in [-0.1, -0.05) is 25.7 Å². The highest BCUT2D eigenvalue weighted by atomic mass is 16.2. The van der Waals surface area contributed by atoms with Crippen LogP contribution in [0.2, 0.25) is 0 Å². The van der Waals surface area contributed by atoms with Crippen LogP contribution in [0.4, 0.5) is 4.79 Å². The van der Waals surface area contributed by atoms with Crippen LogP contribution in [0.5, 0.6) is 0 Å². The molecule has 3 aliphatic rings. The van der Waals surface area contributed by atoms with Gasteiger partial charge in [0, 0.05) is 19.1 Å². The maximum absolute atomic E-state index is 12.5. The molecule has 23 heavy (non-hydrogen) atoms. The van der Waals surface area contributed by atoms with E-state index in [2.05, 4.69) is 29.1 Å². The van der Waals surface area contributed by atoms with Crippen LogP contribution in [-0.4, -0.2) is 55.1 Å². The van der Waals surface area contributed by atoms with E-state index in [4.69, 9.17) is 0 Å². The highest BCUT2D eigenvalue weighted by Crippen LogP contribution is 2.36. The van der Waals surface area contributed by atoms with E-state index in [1.807, 2.05) is 0 Å². The van der Waals surface area contributed by atoms with Crippen molar-refractivity contribution >= 4 is 6.03 Å². The van der Waals surface area contributed by atoms with Gasteiger partial charge in [-0.15, -0.1) is 0 Å². The third-order valence-electron chi connectivity index (χ3n) is 6.71. The summed E-state index contributed by atoms with van der Waals surface area (Å²) in [4.78, 5) is 17.0. The molecule has 132 valence electrons. The summed E-state index contributed by atoms with van der Waals surface area (Å²) in [6.07, 6.45) is 10.6. The quantitative estimate of drug-likeness (QED) is 0.865. The zero-order chi connectivity index (χ0) is 16.2. The summed E-state index contributed by atoms with van der Waals surface area (Å²) in [5, 5.41) is 3.29. The molecule has 4 nitrogen and oxygen atoms in total. The first-order valence-electron chi connectivity index (χ1n) is 9.87. The molecule has 0 bridgehead atoms. The first kappa shape index (κ1) is 17.1. The Hall–Kier alpha value is -0.770. The van der Waals surface area contributed by atoms with Crippen molar-refractivity contribution in [2.45, 2.75) is 64.3 Å². The lowest BCUT2D eigenvalue weighted by Gasteiger charge is -2.37. The minimum atomic E-state index is 0.182. The summed E-state index contributed by atoms with van der Waals surface area (Å²) < 4.78 is 0. The summed E-state index contributed by atoms with van der Waals surface area (Å²) in [6.45, 7) is 6.45. The Labute approximate surface area is 142 Å². The smallest absolute Gasteiger partial charge is 0.317 e. The van der Waals surface area contributed by atoms with Crippen LogP contribution >= 0.6 is 0 Å². The lowest BCUT2D eigenvalue weighted by Crippen LogP contribution is -2.50. The van der Waals surface area contributed by atoms with Crippen LogP contribution in [0.15, 0.2) is 0 Å². The van der Waals surface area contributed by atoms with Gasteiger partial charge in [0.15, 0.2) is 0 Å². The lowest BCUT2D eigenvalue weighted by molar-refractivity contribution is 0.140. The van der Waals surface area contributed by atoms with Crippen molar-refractivity contribution in [1.29, 1.82) is 0 Å². The van der Waals surface area contributed by atoms with Gasteiger partial charge < -0.3 is 15.1 Å². The number of carbonyl (C=O) groups excluding carboxylic acids is 1. The van der Waals surface area contributed by atoms with Gasteiger partial charge >= 0.3 is 6.03 Å². The third kappa shape index (κ3) is 4.40. The molecular formula is C19H35N3O. The van der Waals surface area contributed by atoms with Gasteiger partial charge in [0.25, 0.3) is 0 Å². The van der Waals surface area contributed by atoms with Crippen LogP contribution in [0.1, 0.15) is 58.3 Å². The van der Waals surface area contributed by atoms with Gasteiger partial charge in [-0.3, -0.25) is 0 Å². The molecule has 0 aromatic heterocycles. The van der Waals surface area contributed by atoms with Crippen molar-refractivity contribution in [2.24, 2.45) is 17.8 Å². The topological polar surface area (TPSA) is 35.6 Å². The molecule has 1 unspecified atom stereocenters. The Morgan fingerprint density at radius 2 is 1.48 bits per heavy atom. The van der Waals surface area contributed by atoms with Crippen molar-refractivity contribution in [2.75, 3.05) is 33.2 Å². The Balaban J connectivity index is 1.40. The molecule has 1 aliphatic carbocycles. The molecule has 1 atom stereocenters. The fourth-order valence-corrected chi connectivity index (χ4v) is 4.94. The minimum Gasteiger partial charge on any atom is -0.335 e. The Kier molecular flexibility index (Phi) is 5.84. The summed E-state index contributed by atoms with van der Waals surface area (Å²) in [7, 11) is 2.19. The fourth-order valence-electron chi connectivity index (χ4n) is 4.94. The van der Waals surface area contributed by atoms with Gasteiger partial charge in [-0.05, 0) is 70.5 Å². The average Bonchev–Trinajstić information content (AvgIpc) is 3.10. The molecular weight excluding hydrogens is 286 g/mol. The SMILES string of the molecule is CC(NC(=O)N1CCC(C2CCCC2)CC1)C1CCN(C)CC1. The zero-order valence-electron chi connectivity index (χ0n) is 15.1. The van der Waals surface area contributed by atoms with Gasteiger partial charge in [0.2, 0.25) is 0 Å². The Bertz CT molecular complexity index is 378. The molecule has 0 aromatic carbocycles. The van der Waals surface area contributed by atoms with Crippen LogP contribution in [0.25, 0.3) is 0 Å². The molecule has 1 saturated carbocycles. The van der Waals surface area contributed by atoms with Crippen LogP contribution < -0.4 is 5.32 Å². The summed E-state index contributed by atoms with van der Waals surface area (Å²) >= 11 is 0. The Morgan fingerprint density at radius 1 is 0.913 bits per heavy atom. The van der Waals surface area contributed by atoms with Crippen molar-refractivity contribution in [3.63, 3.8) is 0 Å². The highest BCUT2D eigenvalue weighted by molar-refractivity contribution is 5.74. The lowest BCUT2D eigenvalue weighted by atomic mass is 9.83. The third-order valence-corrected chi connectivity index (χ3v) is 6.71.